The van der Waals surface area contributed by atoms with Crippen molar-refractivity contribution in [2.24, 2.45) is 0 Å². The van der Waals surface area contributed by atoms with Gasteiger partial charge in [0.1, 0.15) is 0 Å². The summed E-state index contributed by atoms with van der Waals surface area (Å²) in [6, 6.07) is 1.98. The second-order valence-corrected chi connectivity index (χ2v) is 4.00. The van der Waals surface area contributed by atoms with Gasteiger partial charge in [-0.3, -0.25) is 0 Å². The molecule has 0 amide bonds. The monoisotopic (exact) mass is 257 g/mol. The average Bonchev–Trinajstić information content (AvgIpc) is 2.39. The molecule has 0 radical (unpaired) electrons. The SMILES string of the molecule is CCn1c(=S)[nH]c2cc(Br)cnc21. The second kappa shape index (κ2) is 3.23. The molecule has 13 heavy (non-hydrogen) atoms. The van der Waals surface area contributed by atoms with Crippen molar-refractivity contribution in [2.75, 3.05) is 0 Å². The highest BCUT2D eigenvalue weighted by Crippen LogP contribution is 2.16. The number of aromatic nitrogens is 3. The highest BCUT2D eigenvalue weighted by molar-refractivity contribution is 9.10. The fourth-order valence-corrected chi connectivity index (χ4v) is 1.97. The van der Waals surface area contributed by atoms with Crippen LogP contribution in [0.4, 0.5) is 0 Å². The number of imidazole rings is 1. The molecule has 0 atom stereocenters. The second-order valence-electron chi connectivity index (χ2n) is 2.70. The summed E-state index contributed by atoms with van der Waals surface area (Å²) in [6.07, 6.45) is 1.77. The van der Waals surface area contributed by atoms with Gasteiger partial charge >= 0.3 is 0 Å². The number of nitrogens with one attached hydrogen (secondary N) is 1. The predicted octanol–water partition coefficient (Wildman–Crippen LogP) is 2.88. The van der Waals surface area contributed by atoms with E-state index in [1.165, 1.54) is 0 Å². The number of aromatic amines is 1. The van der Waals surface area contributed by atoms with Crippen molar-refractivity contribution in [3.05, 3.63) is 21.5 Å². The lowest BCUT2D eigenvalue weighted by atomic mass is 10.4. The normalized spacial score (nSPS) is 10.9. The van der Waals surface area contributed by atoms with Gasteiger partial charge in [0, 0.05) is 17.2 Å². The number of halogens is 1. The van der Waals surface area contributed by atoms with Crippen molar-refractivity contribution in [2.45, 2.75) is 13.5 Å². The van der Waals surface area contributed by atoms with E-state index in [1.807, 2.05) is 17.6 Å². The zero-order valence-corrected chi connectivity index (χ0v) is 9.44. The first-order valence-corrected chi connectivity index (χ1v) is 5.16. The first-order chi connectivity index (χ1) is 6.22. The lowest BCUT2D eigenvalue weighted by Crippen LogP contribution is -1.94. The van der Waals surface area contributed by atoms with Gasteiger partial charge in [-0.15, -0.1) is 0 Å². The van der Waals surface area contributed by atoms with Crippen LogP contribution in [-0.2, 0) is 6.54 Å². The number of aryl methyl sites for hydroxylation is 1. The fourth-order valence-electron chi connectivity index (χ4n) is 1.31. The molecule has 1 N–H and O–H groups in total. The molecule has 68 valence electrons. The predicted molar refractivity (Wildman–Crippen MR) is 58.3 cm³/mol. The zero-order valence-electron chi connectivity index (χ0n) is 7.04. The largest absolute Gasteiger partial charge is 0.329 e. The molecule has 5 heteroatoms. The van der Waals surface area contributed by atoms with Crippen molar-refractivity contribution in [1.29, 1.82) is 0 Å². The number of nitrogens with zero attached hydrogens (tertiary/aromatic N) is 2. The Labute approximate surface area is 88.9 Å². The van der Waals surface area contributed by atoms with E-state index in [1.54, 1.807) is 6.20 Å². The van der Waals surface area contributed by atoms with Gasteiger partial charge in [0.2, 0.25) is 0 Å². The number of hydrogen-bond donors (Lipinski definition) is 1. The minimum Gasteiger partial charge on any atom is -0.329 e. The molecule has 2 aromatic heterocycles. The van der Waals surface area contributed by atoms with Crippen LogP contribution in [0.3, 0.4) is 0 Å². The molecule has 2 aromatic rings. The average molecular weight is 258 g/mol. The molecule has 0 aromatic carbocycles. The molecular weight excluding hydrogens is 250 g/mol. The van der Waals surface area contributed by atoms with Crippen LogP contribution in [0, 0.1) is 4.77 Å². The van der Waals surface area contributed by atoms with Crippen molar-refractivity contribution < 1.29 is 0 Å². The first-order valence-electron chi connectivity index (χ1n) is 3.96. The Morgan fingerprint density at radius 3 is 3.15 bits per heavy atom. The molecule has 0 saturated heterocycles. The Balaban J connectivity index is 2.87. The maximum Gasteiger partial charge on any atom is 0.179 e. The van der Waals surface area contributed by atoms with Crippen LogP contribution in [0.2, 0.25) is 0 Å². The lowest BCUT2D eigenvalue weighted by molar-refractivity contribution is 0.766. The highest BCUT2D eigenvalue weighted by Gasteiger charge is 2.03. The summed E-state index contributed by atoms with van der Waals surface area (Å²) >= 11 is 8.51. The highest BCUT2D eigenvalue weighted by atomic mass is 79.9. The van der Waals surface area contributed by atoms with Crippen molar-refractivity contribution in [1.82, 2.24) is 14.5 Å². The van der Waals surface area contributed by atoms with Gasteiger partial charge < -0.3 is 9.55 Å². The smallest absolute Gasteiger partial charge is 0.179 e. The van der Waals surface area contributed by atoms with E-state index in [0.717, 1.165) is 27.0 Å². The summed E-state index contributed by atoms with van der Waals surface area (Å²) in [7, 11) is 0. The van der Waals surface area contributed by atoms with Crippen LogP contribution in [-0.4, -0.2) is 14.5 Å². The Kier molecular flexibility index (Phi) is 2.21. The van der Waals surface area contributed by atoms with Crippen LogP contribution >= 0.6 is 28.1 Å². The summed E-state index contributed by atoms with van der Waals surface area (Å²) < 4.78 is 3.65. The van der Waals surface area contributed by atoms with Crippen LogP contribution in [0.5, 0.6) is 0 Å². The third-order valence-corrected chi connectivity index (χ3v) is 2.65. The number of hydrogen-bond acceptors (Lipinski definition) is 2. The van der Waals surface area contributed by atoms with Crippen LogP contribution in [0.25, 0.3) is 11.2 Å². The van der Waals surface area contributed by atoms with Crippen LogP contribution < -0.4 is 0 Å². The molecule has 0 saturated carbocycles. The molecule has 0 aliphatic rings. The van der Waals surface area contributed by atoms with Gasteiger partial charge in [0.15, 0.2) is 10.4 Å². The summed E-state index contributed by atoms with van der Waals surface area (Å²) in [6.45, 7) is 2.89. The molecule has 0 aliphatic heterocycles. The van der Waals surface area contributed by atoms with Gasteiger partial charge in [-0.05, 0) is 41.1 Å². The van der Waals surface area contributed by atoms with Crippen molar-refractivity contribution in [3.63, 3.8) is 0 Å². The Bertz CT molecular complexity index is 500. The maximum atomic E-state index is 5.15. The van der Waals surface area contributed by atoms with Crippen LogP contribution in [0.15, 0.2) is 16.7 Å². The van der Waals surface area contributed by atoms with Crippen molar-refractivity contribution >= 4 is 39.3 Å². The number of fused-ring (bicyclic) bond motifs is 1. The first kappa shape index (κ1) is 8.90. The Hall–Kier alpha value is -0.680. The minimum atomic E-state index is 0.725. The van der Waals surface area contributed by atoms with E-state index in [-0.39, 0.29) is 0 Å². The summed E-state index contributed by atoms with van der Waals surface area (Å²) in [5, 5.41) is 0. The van der Waals surface area contributed by atoms with E-state index >= 15 is 0 Å². The quantitative estimate of drug-likeness (QED) is 0.798. The third-order valence-electron chi connectivity index (χ3n) is 1.89. The fraction of sp³-hybridized carbons (Fsp3) is 0.250. The third kappa shape index (κ3) is 1.42. The summed E-state index contributed by atoms with van der Waals surface area (Å²) in [5.41, 5.74) is 1.89. The maximum absolute atomic E-state index is 5.15. The van der Waals surface area contributed by atoms with Gasteiger partial charge in [0.25, 0.3) is 0 Å². The van der Waals surface area contributed by atoms with Gasteiger partial charge in [0.05, 0.1) is 5.52 Å². The van der Waals surface area contributed by atoms with E-state index in [9.17, 15) is 0 Å². The Morgan fingerprint density at radius 1 is 1.69 bits per heavy atom. The van der Waals surface area contributed by atoms with Gasteiger partial charge in [-0.25, -0.2) is 4.98 Å². The Morgan fingerprint density at radius 2 is 2.46 bits per heavy atom. The summed E-state index contributed by atoms with van der Waals surface area (Å²) in [5.74, 6) is 0. The molecule has 0 unspecified atom stereocenters. The van der Waals surface area contributed by atoms with E-state index < -0.39 is 0 Å². The van der Waals surface area contributed by atoms with Gasteiger partial charge in [-0.1, -0.05) is 0 Å². The van der Waals surface area contributed by atoms with E-state index in [4.69, 9.17) is 12.2 Å². The molecule has 0 spiro atoms. The molecule has 2 rings (SSSR count). The lowest BCUT2D eigenvalue weighted by Gasteiger charge is -1.96. The van der Waals surface area contributed by atoms with E-state index in [2.05, 4.69) is 25.9 Å². The van der Waals surface area contributed by atoms with Crippen LogP contribution in [0.1, 0.15) is 6.92 Å². The number of H-pyrrole nitrogens is 1. The molecular formula is C8H8BrN3S. The van der Waals surface area contributed by atoms with E-state index in [0.29, 0.717) is 0 Å². The standard InChI is InChI=1S/C8H8BrN3S/c1-2-12-7-6(11-8(12)13)3-5(9)4-10-7/h3-4H,2H2,1H3,(H,11,13). The van der Waals surface area contributed by atoms with Gasteiger partial charge in [-0.2, -0.15) is 0 Å². The molecule has 0 bridgehead atoms. The number of rotatable bonds is 1. The number of pyridine rings is 1. The molecule has 0 fully saturated rings. The van der Waals surface area contributed by atoms with Crippen molar-refractivity contribution in [3.8, 4) is 0 Å². The molecule has 2 heterocycles. The zero-order chi connectivity index (χ0) is 9.42. The molecule has 3 nitrogen and oxygen atoms in total. The molecule has 0 aliphatic carbocycles. The topological polar surface area (TPSA) is 33.6 Å². The summed E-state index contributed by atoms with van der Waals surface area (Å²) in [4.78, 5) is 7.39. The minimum absolute atomic E-state index is 0.725.